The molecule has 0 aliphatic rings. The van der Waals surface area contributed by atoms with Crippen LogP contribution < -0.4 is 11.5 Å². The molecular weight excluding hydrogens is 275 g/mol. The van der Waals surface area contributed by atoms with E-state index >= 15 is 0 Å². The molecule has 0 saturated heterocycles. The van der Waals surface area contributed by atoms with Crippen LogP contribution in [0, 0.1) is 10.8 Å². The molecule has 0 rings (SSSR count). The Hall–Kier alpha value is -2.03. The third kappa shape index (κ3) is 20.1. The Morgan fingerprint density at radius 1 is 0.941 bits per heavy atom. The molecule has 10 nitrogen and oxygen atoms in total. The molecule has 0 saturated carbocycles. The Morgan fingerprint density at radius 3 is 1.24 bits per heavy atom. The molecule has 8 N–H and O–H groups in total. The molecule has 0 spiro atoms. The number of nitrogens with one attached hydrogen (secondary N) is 4. The molecule has 0 atom stereocenters. The molecule has 0 aromatic heterocycles. The van der Waals surface area contributed by atoms with Crippen molar-refractivity contribution in [2.75, 3.05) is 14.2 Å². The molecule has 0 amide bonds. The quantitative estimate of drug-likeness (QED) is 0.274. The van der Waals surface area contributed by atoms with Gasteiger partial charge in [0.25, 0.3) is 0 Å². The van der Waals surface area contributed by atoms with Gasteiger partial charge >= 0.3 is 16.5 Å². The molecule has 0 unspecified atom stereocenters. The summed E-state index contributed by atoms with van der Waals surface area (Å²) in [4.78, 5) is 6.24. The maximum atomic E-state index is 6.66. The summed E-state index contributed by atoms with van der Waals surface area (Å²) in [5, 5.41) is 13.0. The van der Waals surface area contributed by atoms with E-state index in [4.69, 9.17) is 33.8 Å². The molecule has 11 heteroatoms. The number of hydrogen-bond donors (Lipinski definition) is 4. The minimum atomic E-state index is -0.420. The summed E-state index contributed by atoms with van der Waals surface area (Å²) < 4.78 is 8.51. The maximum Gasteiger partial charge on any atom is 2.00 e. The Kier molecular flexibility index (Phi) is 14.4. The first-order valence-electron chi connectivity index (χ1n) is 3.70. The van der Waals surface area contributed by atoms with Crippen molar-refractivity contribution in [3.8, 4) is 0 Å². The summed E-state index contributed by atoms with van der Waals surface area (Å²) >= 11 is 0. The standard InChI is InChI=1S/2C3H7N4O.Ni/c2*1-8-3(6)7-2(4)5;/h2*1H3,(H4-,4,5,6,7);/q2*-1;+2. The minimum absolute atomic E-state index is 0. The van der Waals surface area contributed by atoms with Crippen LogP contribution in [0.1, 0.15) is 0 Å². The van der Waals surface area contributed by atoms with E-state index in [1.807, 2.05) is 0 Å². The van der Waals surface area contributed by atoms with Gasteiger partial charge in [-0.15, -0.1) is 0 Å². The van der Waals surface area contributed by atoms with Gasteiger partial charge in [-0.2, -0.15) is 0 Å². The number of methoxy groups -OCH3 is 2. The number of amidine groups is 2. The molecule has 0 aliphatic heterocycles. The van der Waals surface area contributed by atoms with Crippen LogP contribution in [0.25, 0.3) is 11.5 Å². The van der Waals surface area contributed by atoms with Crippen LogP contribution in [-0.2, 0) is 26.0 Å². The summed E-state index contributed by atoms with van der Waals surface area (Å²) in [5.41, 5.74) is 22.8. The van der Waals surface area contributed by atoms with E-state index in [1.165, 1.54) is 14.2 Å². The van der Waals surface area contributed by atoms with E-state index in [1.54, 1.807) is 0 Å². The number of nitrogens with two attached hydrogens (primary N) is 2. The first-order valence-corrected chi connectivity index (χ1v) is 3.70. The fourth-order valence-electron chi connectivity index (χ4n) is 0.310. The molecule has 0 fully saturated rings. The fourth-order valence-corrected chi connectivity index (χ4v) is 0.310. The zero-order valence-corrected chi connectivity index (χ0v) is 10.2. The molecule has 0 heterocycles. The van der Waals surface area contributed by atoms with Crippen LogP contribution in [0.3, 0.4) is 0 Å². The summed E-state index contributed by atoms with van der Waals surface area (Å²) in [5.74, 6) is -0.839. The molecule has 100 valence electrons. The number of rotatable bonds is 0. The molecule has 0 aromatic carbocycles. The monoisotopic (exact) mass is 288 g/mol. The van der Waals surface area contributed by atoms with Crippen molar-refractivity contribution < 1.29 is 26.0 Å². The molecule has 0 radical (unpaired) electrons. The van der Waals surface area contributed by atoms with Gasteiger partial charge in [0.05, 0.1) is 26.3 Å². The zero-order valence-electron chi connectivity index (χ0n) is 9.18. The van der Waals surface area contributed by atoms with Gasteiger partial charge in [-0.25, -0.2) is 0 Å². The van der Waals surface area contributed by atoms with Crippen LogP contribution in [-0.4, -0.2) is 38.2 Å². The van der Waals surface area contributed by atoms with E-state index in [9.17, 15) is 0 Å². The van der Waals surface area contributed by atoms with Gasteiger partial charge in [0.15, 0.2) is 0 Å². The smallest absolute Gasteiger partial charge is 0.505 e. The van der Waals surface area contributed by atoms with Crippen molar-refractivity contribution in [3.63, 3.8) is 0 Å². The molecule has 17 heavy (non-hydrogen) atoms. The van der Waals surface area contributed by atoms with Crippen molar-refractivity contribution in [1.29, 1.82) is 10.8 Å². The number of ether oxygens (including phenoxy) is 2. The average molecular weight is 289 g/mol. The Labute approximate surface area is 108 Å². The SMILES string of the molecule is CO/C([NH-])=N/C(=N)N.CO/C([NH-])=N/C(=N)N.[Ni+2]. The van der Waals surface area contributed by atoms with Crippen molar-refractivity contribution in [2.24, 2.45) is 21.5 Å². The van der Waals surface area contributed by atoms with Gasteiger partial charge in [-0.3, -0.25) is 10.8 Å². The van der Waals surface area contributed by atoms with Gasteiger partial charge in [-0.1, -0.05) is 0 Å². The van der Waals surface area contributed by atoms with Gasteiger partial charge in [0.1, 0.15) is 11.9 Å². The molecule has 0 aromatic rings. The number of hydrogen-bond acceptors (Lipinski definition) is 4. The van der Waals surface area contributed by atoms with Gasteiger partial charge < -0.3 is 42.4 Å². The molecule has 0 bridgehead atoms. The summed E-state index contributed by atoms with van der Waals surface area (Å²) in [6, 6.07) is -0.699. The third-order valence-electron chi connectivity index (χ3n) is 0.831. The third-order valence-corrected chi connectivity index (χ3v) is 0.831. The van der Waals surface area contributed by atoms with Crippen LogP contribution in [0.2, 0.25) is 0 Å². The van der Waals surface area contributed by atoms with Crippen molar-refractivity contribution in [2.45, 2.75) is 0 Å². The summed E-state index contributed by atoms with van der Waals surface area (Å²) in [7, 11) is 2.57. The normalized spacial score (nSPS) is 10.2. The second-order valence-corrected chi connectivity index (χ2v) is 2.01. The topological polar surface area (TPSA) is 191 Å². The summed E-state index contributed by atoms with van der Waals surface area (Å²) in [6.45, 7) is 0. The average Bonchev–Trinajstić information content (AvgIpc) is 2.16. The van der Waals surface area contributed by atoms with Crippen LogP contribution in [0.5, 0.6) is 0 Å². The van der Waals surface area contributed by atoms with Crippen LogP contribution in [0.15, 0.2) is 9.98 Å². The van der Waals surface area contributed by atoms with Gasteiger partial charge in [-0.05, 0) is 0 Å². The first kappa shape index (κ1) is 20.4. The van der Waals surface area contributed by atoms with Crippen molar-refractivity contribution >= 4 is 24.0 Å². The van der Waals surface area contributed by atoms with Gasteiger partial charge in [0.2, 0.25) is 0 Å². The second kappa shape index (κ2) is 12.0. The first-order chi connectivity index (χ1) is 7.33. The zero-order chi connectivity index (χ0) is 13.1. The summed E-state index contributed by atoms with van der Waals surface area (Å²) in [6.07, 6.45) is 0. The van der Waals surface area contributed by atoms with Crippen LogP contribution >= 0.6 is 0 Å². The van der Waals surface area contributed by atoms with E-state index in [0.29, 0.717) is 0 Å². The van der Waals surface area contributed by atoms with Crippen molar-refractivity contribution in [3.05, 3.63) is 11.5 Å². The second-order valence-electron chi connectivity index (χ2n) is 2.01. The Bertz CT molecular complexity index is 272. The maximum absolute atomic E-state index is 6.66. The Balaban J connectivity index is -0.000000218. The fraction of sp³-hybridized carbons (Fsp3) is 0.333. The van der Waals surface area contributed by atoms with E-state index < -0.39 is 11.9 Å². The number of aliphatic imine (C=N–C) groups is 2. The predicted octanol–water partition coefficient (Wildman–Crippen LogP) is -0.134. The number of guanidine groups is 2. The molecule has 0 aliphatic carbocycles. The van der Waals surface area contributed by atoms with E-state index in [2.05, 4.69) is 19.5 Å². The Morgan fingerprint density at radius 2 is 1.18 bits per heavy atom. The van der Waals surface area contributed by atoms with E-state index in [-0.39, 0.29) is 28.5 Å². The number of nitrogens with zero attached hydrogens (tertiary/aromatic N) is 2. The van der Waals surface area contributed by atoms with Crippen LogP contribution in [0.4, 0.5) is 0 Å². The van der Waals surface area contributed by atoms with Gasteiger partial charge in [0, 0.05) is 0 Å². The largest absolute Gasteiger partial charge is 2.00 e. The minimum Gasteiger partial charge on any atom is -0.505 e. The van der Waals surface area contributed by atoms with E-state index in [0.717, 1.165) is 0 Å². The molecular formula is C6H14N8NiO2. The predicted molar refractivity (Wildman–Crippen MR) is 61.4 cm³/mol. The van der Waals surface area contributed by atoms with Crippen molar-refractivity contribution in [1.82, 2.24) is 0 Å².